The first kappa shape index (κ1) is 15.5. The molecule has 2 rings (SSSR count). The van der Waals surface area contributed by atoms with Gasteiger partial charge in [-0.2, -0.15) is 0 Å². The van der Waals surface area contributed by atoms with Gasteiger partial charge in [0, 0.05) is 32.4 Å². The van der Waals surface area contributed by atoms with Gasteiger partial charge in [-0.3, -0.25) is 4.79 Å². The van der Waals surface area contributed by atoms with E-state index in [2.05, 4.69) is 36.7 Å². The van der Waals surface area contributed by atoms with Gasteiger partial charge in [0.2, 0.25) is 5.91 Å². The predicted molar refractivity (Wildman–Crippen MR) is 86.4 cm³/mol. The van der Waals surface area contributed by atoms with E-state index < -0.39 is 0 Å². The molecule has 2 heterocycles. The molecular weight excluding hydrogens is 262 g/mol. The largest absolute Gasteiger partial charge is 0.355 e. The highest BCUT2D eigenvalue weighted by molar-refractivity contribution is 5.87. The lowest BCUT2D eigenvalue weighted by Gasteiger charge is -2.22. The minimum absolute atomic E-state index is 0.128. The lowest BCUT2D eigenvalue weighted by molar-refractivity contribution is -0.125. The van der Waals surface area contributed by atoms with E-state index in [4.69, 9.17) is 0 Å². The molecule has 0 unspecified atom stereocenters. The molecular formula is C17H25N3O. The van der Waals surface area contributed by atoms with Crippen molar-refractivity contribution in [1.82, 2.24) is 9.88 Å². The van der Waals surface area contributed by atoms with Crippen molar-refractivity contribution in [3.63, 3.8) is 0 Å². The van der Waals surface area contributed by atoms with E-state index in [1.165, 1.54) is 5.56 Å². The molecule has 114 valence electrons. The molecule has 1 saturated heterocycles. The first-order valence-corrected chi connectivity index (χ1v) is 7.71. The van der Waals surface area contributed by atoms with Crippen LogP contribution in [0.2, 0.25) is 0 Å². The molecule has 4 heteroatoms. The van der Waals surface area contributed by atoms with Gasteiger partial charge in [-0.15, -0.1) is 0 Å². The summed E-state index contributed by atoms with van der Waals surface area (Å²) in [6.07, 6.45) is 6.51. The summed E-state index contributed by atoms with van der Waals surface area (Å²) in [5.74, 6) is 1.55. The third-order valence-electron chi connectivity index (χ3n) is 3.66. The van der Waals surface area contributed by atoms with Gasteiger partial charge >= 0.3 is 0 Å². The molecule has 0 bridgehead atoms. The van der Waals surface area contributed by atoms with Crippen LogP contribution in [0.5, 0.6) is 0 Å². The molecule has 0 spiro atoms. The average Bonchev–Trinajstić information content (AvgIpc) is 2.70. The van der Waals surface area contributed by atoms with Crippen molar-refractivity contribution in [3.8, 4) is 0 Å². The third-order valence-corrected chi connectivity index (χ3v) is 3.66. The minimum Gasteiger partial charge on any atom is -0.355 e. The zero-order chi connectivity index (χ0) is 15.2. The second-order valence-corrected chi connectivity index (χ2v) is 5.96. The lowest BCUT2D eigenvalue weighted by Crippen LogP contribution is -2.34. The molecule has 0 radical (unpaired) electrons. The van der Waals surface area contributed by atoms with Crippen molar-refractivity contribution < 1.29 is 4.79 Å². The fourth-order valence-electron chi connectivity index (χ4n) is 2.44. The SMILES string of the molecule is Cc1ccnc(N2CCCN(C(=O)/C=C/C(C)C)CC2)c1. The number of carbonyl (C=O) groups excluding carboxylic acids is 1. The van der Waals surface area contributed by atoms with Crippen LogP contribution >= 0.6 is 0 Å². The summed E-state index contributed by atoms with van der Waals surface area (Å²) >= 11 is 0. The summed E-state index contributed by atoms with van der Waals surface area (Å²) in [7, 11) is 0. The highest BCUT2D eigenvalue weighted by atomic mass is 16.2. The van der Waals surface area contributed by atoms with Gasteiger partial charge in [0.15, 0.2) is 0 Å². The number of rotatable bonds is 3. The molecule has 0 atom stereocenters. The summed E-state index contributed by atoms with van der Waals surface area (Å²) in [6, 6.07) is 4.12. The second kappa shape index (κ2) is 7.25. The molecule has 1 aromatic heterocycles. The van der Waals surface area contributed by atoms with Crippen LogP contribution in [0.3, 0.4) is 0 Å². The van der Waals surface area contributed by atoms with Gasteiger partial charge in [-0.1, -0.05) is 19.9 Å². The number of pyridine rings is 1. The van der Waals surface area contributed by atoms with Crippen molar-refractivity contribution in [2.75, 3.05) is 31.1 Å². The van der Waals surface area contributed by atoms with Gasteiger partial charge in [0.1, 0.15) is 5.82 Å². The van der Waals surface area contributed by atoms with E-state index in [9.17, 15) is 4.79 Å². The number of carbonyl (C=O) groups is 1. The molecule has 0 aliphatic carbocycles. The van der Waals surface area contributed by atoms with Crippen LogP contribution < -0.4 is 4.90 Å². The number of aryl methyl sites for hydroxylation is 1. The molecule has 0 saturated carbocycles. The van der Waals surface area contributed by atoms with Gasteiger partial charge in [0.25, 0.3) is 0 Å². The molecule has 1 amide bonds. The maximum absolute atomic E-state index is 12.2. The van der Waals surface area contributed by atoms with Crippen molar-refractivity contribution in [2.45, 2.75) is 27.2 Å². The Labute approximate surface area is 127 Å². The number of aromatic nitrogens is 1. The van der Waals surface area contributed by atoms with Gasteiger partial charge < -0.3 is 9.80 Å². The van der Waals surface area contributed by atoms with E-state index >= 15 is 0 Å². The van der Waals surface area contributed by atoms with Crippen LogP contribution in [0.15, 0.2) is 30.5 Å². The van der Waals surface area contributed by atoms with E-state index in [1.807, 2.05) is 23.2 Å². The molecule has 1 aliphatic rings. The van der Waals surface area contributed by atoms with Crippen LogP contribution in [-0.2, 0) is 4.79 Å². The Morgan fingerprint density at radius 2 is 2.10 bits per heavy atom. The fraction of sp³-hybridized carbons (Fsp3) is 0.529. The van der Waals surface area contributed by atoms with Gasteiger partial charge in [0.05, 0.1) is 0 Å². The number of hydrogen-bond acceptors (Lipinski definition) is 3. The number of hydrogen-bond donors (Lipinski definition) is 0. The first-order chi connectivity index (χ1) is 10.1. The molecule has 21 heavy (non-hydrogen) atoms. The number of anilines is 1. The highest BCUT2D eigenvalue weighted by Crippen LogP contribution is 2.15. The summed E-state index contributed by atoms with van der Waals surface area (Å²) < 4.78 is 0. The molecule has 0 aromatic carbocycles. The first-order valence-electron chi connectivity index (χ1n) is 7.71. The monoisotopic (exact) mass is 287 g/mol. The summed E-state index contributed by atoms with van der Waals surface area (Å²) in [5.41, 5.74) is 1.22. The Morgan fingerprint density at radius 3 is 2.81 bits per heavy atom. The normalized spacial score (nSPS) is 16.6. The highest BCUT2D eigenvalue weighted by Gasteiger charge is 2.18. The molecule has 0 N–H and O–H groups in total. The Balaban J connectivity index is 1.97. The quantitative estimate of drug-likeness (QED) is 0.802. The zero-order valence-electron chi connectivity index (χ0n) is 13.2. The van der Waals surface area contributed by atoms with Crippen molar-refractivity contribution in [1.29, 1.82) is 0 Å². The van der Waals surface area contributed by atoms with E-state index in [-0.39, 0.29) is 5.91 Å². The van der Waals surface area contributed by atoms with Crippen molar-refractivity contribution >= 4 is 11.7 Å². The lowest BCUT2D eigenvalue weighted by atomic mass is 10.2. The second-order valence-electron chi connectivity index (χ2n) is 5.96. The standard InChI is InChI=1S/C17H25N3O/c1-14(2)5-6-17(21)20-10-4-9-19(11-12-20)16-13-15(3)7-8-18-16/h5-8,13-14H,4,9-12H2,1-3H3/b6-5+. The fourth-order valence-corrected chi connectivity index (χ4v) is 2.44. The van der Waals surface area contributed by atoms with E-state index in [1.54, 1.807) is 6.08 Å². The third kappa shape index (κ3) is 4.59. The molecule has 4 nitrogen and oxygen atoms in total. The Hall–Kier alpha value is -1.84. The molecule has 1 aromatic rings. The van der Waals surface area contributed by atoms with E-state index in [0.29, 0.717) is 5.92 Å². The number of allylic oxidation sites excluding steroid dienone is 1. The van der Waals surface area contributed by atoms with Crippen molar-refractivity contribution in [2.24, 2.45) is 5.92 Å². The Morgan fingerprint density at radius 1 is 1.29 bits per heavy atom. The van der Waals surface area contributed by atoms with Crippen molar-refractivity contribution in [3.05, 3.63) is 36.0 Å². The summed E-state index contributed by atoms with van der Waals surface area (Å²) in [6.45, 7) is 9.62. The van der Waals surface area contributed by atoms with Crippen LogP contribution in [0.1, 0.15) is 25.8 Å². The van der Waals surface area contributed by atoms with Gasteiger partial charge in [-0.05, 0) is 43.0 Å². The molecule has 1 fully saturated rings. The average molecular weight is 287 g/mol. The minimum atomic E-state index is 0.128. The maximum atomic E-state index is 12.2. The van der Waals surface area contributed by atoms with Gasteiger partial charge in [-0.25, -0.2) is 4.98 Å². The number of nitrogens with zero attached hydrogens (tertiary/aromatic N) is 3. The van der Waals surface area contributed by atoms with Crippen LogP contribution in [0.4, 0.5) is 5.82 Å². The topological polar surface area (TPSA) is 36.4 Å². The zero-order valence-corrected chi connectivity index (χ0v) is 13.2. The summed E-state index contributed by atoms with van der Waals surface area (Å²) in [5, 5.41) is 0. The predicted octanol–water partition coefficient (Wildman–Crippen LogP) is 2.64. The van der Waals surface area contributed by atoms with Crippen LogP contribution in [-0.4, -0.2) is 42.0 Å². The van der Waals surface area contributed by atoms with Crippen LogP contribution in [0, 0.1) is 12.8 Å². The number of amides is 1. The maximum Gasteiger partial charge on any atom is 0.246 e. The van der Waals surface area contributed by atoms with E-state index in [0.717, 1.165) is 38.4 Å². The molecule has 1 aliphatic heterocycles. The Bertz CT molecular complexity index is 511. The Kier molecular flexibility index (Phi) is 5.37. The van der Waals surface area contributed by atoms with Crippen LogP contribution in [0.25, 0.3) is 0 Å². The smallest absolute Gasteiger partial charge is 0.246 e. The summed E-state index contributed by atoms with van der Waals surface area (Å²) in [4.78, 5) is 20.8.